The number of benzene rings is 2. The highest BCUT2D eigenvalue weighted by atomic mass is 16.5. The van der Waals surface area contributed by atoms with Crippen LogP contribution in [0.25, 0.3) is 0 Å². The van der Waals surface area contributed by atoms with Gasteiger partial charge in [-0.1, -0.05) is 44.2 Å². The largest absolute Gasteiger partial charge is 0.457 e. The van der Waals surface area contributed by atoms with Crippen LogP contribution in [0.5, 0.6) is 11.5 Å². The van der Waals surface area contributed by atoms with Crippen molar-refractivity contribution in [2.75, 3.05) is 6.54 Å². The van der Waals surface area contributed by atoms with Gasteiger partial charge in [0.15, 0.2) is 0 Å². The van der Waals surface area contributed by atoms with Crippen LogP contribution in [-0.2, 0) is 20.9 Å². The highest BCUT2D eigenvalue weighted by molar-refractivity contribution is 5.90. The van der Waals surface area contributed by atoms with E-state index in [1.165, 1.54) is 0 Å². The molecular weight excluding hydrogens is 430 g/mol. The molecular formula is C27H35N3O4. The summed E-state index contributed by atoms with van der Waals surface area (Å²) in [5, 5.41) is 2.92. The summed E-state index contributed by atoms with van der Waals surface area (Å²) in [6.45, 7) is 5.06. The number of hydrogen-bond acceptors (Lipinski definition) is 4. The first-order chi connectivity index (χ1) is 16.3. The lowest BCUT2D eigenvalue weighted by Gasteiger charge is -2.26. The number of carbonyl (C=O) groups is 3. The number of carbonyl (C=O) groups excluding carboxylic acids is 3. The van der Waals surface area contributed by atoms with E-state index in [9.17, 15) is 14.4 Å². The highest BCUT2D eigenvalue weighted by Crippen LogP contribution is 2.24. The lowest BCUT2D eigenvalue weighted by atomic mass is 9.92. The molecule has 182 valence electrons. The normalized spacial score (nSPS) is 17.2. The first-order valence-electron chi connectivity index (χ1n) is 12.0. The molecule has 1 fully saturated rings. The molecule has 2 atom stereocenters. The van der Waals surface area contributed by atoms with E-state index in [0.29, 0.717) is 31.7 Å². The zero-order valence-electron chi connectivity index (χ0n) is 20.0. The molecule has 0 radical (unpaired) electrons. The van der Waals surface area contributed by atoms with E-state index in [1.807, 2.05) is 68.4 Å². The van der Waals surface area contributed by atoms with Gasteiger partial charge in [-0.05, 0) is 61.4 Å². The Bertz CT molecular complexity index is 977. The van der Waals surface area contributed by atoms with Gasteiger partial charge in [0.25, 0.3) is 0 Å². The quantitative estimate of drug-likeness (QED) is 0.553. The summed E-state index contributed by atoms with van der Waals surface area (Å²) in [4.78, 5) is 39.5. The Balaban J connectivity index is 1.67. The van der Waals surface area contributed by atoms with Crippen molar-refractivity contribution in [3.63, 3.8) is 0 Å². The zero-order valence-corrected chi connectivity index (χ0v) is 20.0. The van der Waals surface area contributed by atoms with Gasteiger partial charge in [-0.25, -0.2) is 0 Å². The number of likely N-dealkylation sites (tertiary alicyclic amines) is 1. The molecule has 3 amide bonds. The Morgan fingerprint density at radius 2 is 1.82 bits per heavy atom. The first-order valence-corrected chi connectivity index (χ1v) is 12.0. The van der Waals surface area contributed by atoms with E-state index < -0.39 is 17.9 Å². The number of amides is 3. The number of primary amides is 1. The Labute approximate surface area is 201 Å². The molecule has 2 aromatic carbocycles. The third kappa shape index (κ3) is 7.61. The van der Waals surface area contributed by atoms with Gasteiger partial charge in [-0.2, -0.15) is 0 Å². The summed E-state index contributed by atoms with van der Waals surface area (Å²) < 4.78 is 5.92. The fourth-order valence-corrected chi connectivity index (χ4v) is 4.33. The number of hydrogen-bond donors (Lipinski definition) is 2. The standard InChI is InChI=1S/C27H35N3O4/c1-19(2)15-21(17-25(28)31)26(32)29-24-13-6-7-14-30(27(24)33)18-20-9-8-12-23(16-20)34-22-10-4-3-5-11-22/h3-5,8-12,16,19,21,24H,6-7,13-15,17-18H2,1-2H3,(H2,28,31)(H,29,32)/t21-,24-/m0/s1. The van der Waals surface area contributed by atoms with Crippen LogP contribution >= 0.6 is 0 Å². The molecule has 2 aromatic rings. The maximum atomic E-state index is 13.3. The molecule has 7 nitrogen and oxygen atoms in total. The van der Waals surface area contributed by atoms with Crippen LogP contribution in [0.4, 0.5) is 0 Å². The van der Waals surface area contributed by atoms with Gasteiger partial charge in [-0.3, -0.25) is 14.4 Å². The molecule has 0 bridgehead atoms. The van der Waals surface area contributed by atoms with Crippen LogP contribution in [0, 0.1) is 11.8 Å². The molecule has 0 aliphatic carbocycles. The number of nitrogens with one attached hydrogen (secondary N) is 1. The van der Waals surface area contributed by atoms with Gasteiger partial charge in [0.1, 0.15) is 17.5 Å². The summed E-state index contributed by atoms with van der Waals surface area (Å²) in [5.41, 5.74) is 6.32. The summed E-state index contributed by atoms with van der Waals surface area (Å²) in [6, 6.07) is 16.7. The number of ether oxygens (including phenoxy) is 1. The van der Waals surface area contributed by atoms with Gasteiger partial charge < -0.3 is 20.7 Å². The summed E-state index contributed by atoms with van der Waals surface area (Å²) >= 11 is 0. The van der Waals surface area contributed by atoms with Crippen molar-refractivity contribution in [1.29, 1.82) is 0 Å². The molecule has 1 aliphatic heterocycles. The van der Waals surface area contributed by atoms with Crippen LogP contribution in [-0.4, -0.2) is 35.2 Å². The molecule has 0 aromatic heterocycles. The Kier molecular flexibility index (Phi) is 9.08. The molecule has 1 heterocycles. The second-order valence-electron chi connectivity index (χ2n) is 9.38. The number of nitrogens with two attached hydrogens (primary N) is 1. The topological polar surface area (TPSA) is 102 Å². The van der Waals surface area contributed by atoms with E-state index >= 15 is 0 Å². The highest BCUT2D eigenvalue weighted by Gasteiger charge is 2.31. The smallest absolute Gasteiger partial charge is 0.245 e. The third-order valence-corrected chi connectivity index (χ3v) is 5.92. The van der Waals surface area contributed by atoms with E-state index in [-0.39, 0.29) is 24.2 Å². The average molecular weight is 466 g/mol. The zero-order chi connectivity index (χ0) is 24.5. The van der Waals surface area contributed by atoms with Crippen molar-refractivity contribution in [3.8, 4) is 11.5 Å². The summed E-state index contributed by atoms with van der Waals surface area (Å²) in [5.74, 6) is 0.301. The van der Waals surface area contributed by atoms with Crippen LogP contribution in [0.15, 0.2) is 54.6 Å². The minimum atomic E-state index is -0.596. The second-order valence-corrected chi connectivity index (χ2v) is 9.38. The van der Waals surface area contributed by atoms with Crippen molar-refractivity contribution >= 4 is 17.7 Å². The molecule has 0 spiro atoms. The molecule has 7 heteroatoms. The number of nitrogens with zero attached hydrogens (tertiary/aromatic N) is 1. The van der Waals surface area contributed by atoms with Gasteiger partial charge in [0.05, 0.1) is 0 Å². The predicted octanol–water partition coefficient (Wildman–Crippen LogP) is 4.01. The van der Waals surface area contributed by atoms with E-state index in [0.717, 1.165) is 24.2 Å². The van der Waals surface area contributed by atoms with Crippen molar-refractivity contribution in [1.82, 2.24) is 10.2 Å². The Hall–Kier alpha value is -3.35. The van der Waals surface area contributed by atoms with Crippen LogP contribution in [0.3, 0.4) is 0 Å². The van der Waals surface area contributed by atoms with Gasteiger partial charge >= 0.3 is 0 Å². The van der Waals surface area contributed by atoms with Crippen molar-refractivity contribution < 1.29 is 19.1 Å². The first kappa shape index (κ1) is 25.3. The van der Waals surface area contributed by atoms with Gasteiger partial charge in [0, 0.05) is 25.4 Å². The van der Waals surface area contributed by atoms with Crippen LogP contribution in [0.2, 0.25) is 0 Å². The van der Waals surface area contributed by atoms with Crippen LogP contribution < -0.4 is 15.8 Å². The SMILES string of the molecule is CC(C)C[C@@H](CC(N)=O)C(=O)N[C@H]1CCCCN(Cc2cccc(Oc3ccccc3)c2)C1=O. The molecule has 0 saturated carbocycles. The summed E-state index contributed by atoms with van der Waals surface area (Å²) in [6.07, 6.45) is 2.84. The fraction of sp³-hybridized carbons (Fsp3) is 0.444. The predicted molar refractivity (Wildman–Crippen MR) is 131 cm³/mol. The van der Waals surface area contributed by atoms with Crippen molar-refractivity contribution in [2.24, 2.45) is 17.6 Å². The van der Waals surface area contributed by atoms with Crippen molar-refractivity contribution in [3.05, 3.63) is 60.2 Å². The minimum absolute atomic E-state index is 0.0111. The lowest BCUT2D eigenvalue weighted by Crippen LogP contribution is -2.49. The molecule has 0 unspecified atom stereocenters. The molecule has 1 saturated heterocycles. The monoisotopic (exact) mass is 465 g/mol. The minimum Gasteiger partial charge on any atom is -0.457 e. The van der Waals surface area contributed by atoms with E-state index in [4.69, 9.17) is 10.5 Å². The van der Waals surface area contributed by atoms with Crippen LogP contribution in [0.1, 0.15) is 51.5 Å². The molecule has 1 aliphatic rings. The van der Waals surface area contributed by atoms with E-state index in [1.54, 1.807) is 4.90 Å². The number of rotatable bonds is 10. The maximum absolute atomic E-state index is 13.3. The molecule has 34 heavy (non-hydrogen) atoms. The Morgan fingerprint density at radius 1 is 1.09 bits per heavy atom. The summed E-state index contributed by atoms with van der Waals surface area (Å²) in [7, 11) is 0. The molecule has 3 N–H and O–H groups in total. The fourth-order valence-electron chi connectivity index (χ4n) is 4.33. The maximum Gasteiger partial charge on any atom is 0.245 e. The number of para-hydroxylation sites is 1. The van der Waals surface area contributed by atoms with Crippen molar-refractivity contribution in [2.45, 2.75) is 58.5 Å². The van der Waals surface area contributed by atoms with E-state index in [2.05, 4.69) is 5.32 Å². The third-order valence-electron chi connectivity index (χ3n) is 5.92. The van der Waals surface area contributed by atoms with Gasteiger partial charge in [0.2, 0.25) is 17.7 Å². The second kappa shape index (κ2) is 12.2. The average Bonchev–Trinajstić information content (AvgIpc) is 2.95. The Morgan fingerprint density at radius 3 is 2.53 bits per heavy atom. The lowest BCUT2D eigenvalue weighted by molar-refractivity contribution is -0.138. The molecule has 3 rings (SSSR count). The van der Waals surface area contributed by atoms with Gasteiger partial charge in [-0.15, -0.1) is 0 Å².